The zero-order valence-electron chi connectivity index (χ0n) is 11.5. The highest BCUT2D eigenvalue weighted by Gasteiger charge is 2.25. The van der Waals surface area contributed by atoms with E-state index in [0.29, 0.717) is 30.6 Å². The normalized spacial score (nSPS) is 23.5. The number of hydrogen-bond donors (Lipinski definition) is 1. The van der Waals surface area contributed by atoms with Crippen LogP contribution in [-0.2, 0) is 9.84 Å². The topological polar surface area (TPSA) is 49.4 Å². The van der Waals surface area contributed by atoms with Gasteiger partial charge in [0.15, 0.2) is 9.84 Å². The van der Waals surface area contributed by atoms with Crippen LogP contribution < -0.4 is 5.32 Å². The lowest BCUT2D eigenvalue weighted by Gasteiger charge is -2.35. The summed E-state index contributed by atoms with van der Waals surface area (Å²) in [4.78, 5) is 2.26. The molecule has 1 aliphatic heterocycles. The first-order chi connectivity index (χ1) is 7.76. The fraction of sp³-hybridized carbons (Fsp3) is 1.00. The molecule has 5 heteroatoms. The smallest absolute Gasteiger partial charge is 0.152 e. The maximum absolute atomic E-state index is 11.3. The summed E-state index contributed by atoms with van der Waals surface area (Å²) in [7, 11) is -2.76. The van der Waals surface area contributed by atoms with E-state index in [9.17, 15) is 8.42 Å². The average molecular weight is 262 g/mol. The Kier molecular flexibility index (Phi) is 4.98. The van der Waals surface area contributed by atoms with Gasteiger partial charge in [0.25, 0.3) is 0 Å². The molecule has 102 valence electrons. The Bertz CT molecular complexity index is 324. The molecule has 0 aromatic rings. The molecule has 0 aliphatic carbocycles. The van der Waals surface area contributed by atoms with Crippen LogP contribution in [0.2, 0.25) is 0 Å². The van der Waals surface area contributed by atoms with Gasteiger partial charge >= 0.3 is 0 Å². The quantitative estimate of drug-likeness (QED) is 0.799. The Hall–Kier alpha value is -0.130. The number of sulfone groups is 1. The van der Waals surface area contributed by atoms with E-state index in [1.807, 2.05) is 0 Å². The predicted octanol–water partition coefficient (Wildman–Crippen LogP) is 0.884. The van der Waals surface area contributed by atoms with Crippen molar-refractivity contribution in [2.45, 2.75) is 45.7 Å². The van der Waals surface area contributed by atoms with Gasteiger partial charge in [-0.15, -0.1) is 0 Å². The molecule has 0 aromatic carbocycles. The highest BCUT2D eigenvalue weighted by Crippen LogP contribution is 2.10. The molecular formula is C12H26N2O2S. The largest absolute Gasteiger partial charge is 0.310 e. The molecule has 1 atom stereocenters. The van der Waals surface area contributed by atoms with E-state index in [-0.39, 0.29) is 5.54 Å². The fourth-order valence-electron chi connectivity index (χ4n) is 1.85. The van der Waals surface area contributed by atoms with Crippen molar-refractivity contribution >= 4 is 9.84 Å². The molecule has 0 aromatic heterocycles. The molecule has 1 N–H and O–H groups in total. The van der Waals surface area contributed by atoms with Crippen molar-refractivity contribution < 1.29 is 8.42 Å². The van der Waals surface area contributed by atoms with Crippen LogP contribution in [-0.4, -0.2) is 56.0 Å². The van der Waals surface area contributed by atoms with E-state index in [2.05, 4.69) is 37.9 Å². The minimum atomic E-state index is -2.76. The summed E-state index contributed by atoms with van der Waals surface area (Å²) in [5, 5.41) is 3.54. The molecule has 4 nitrogen and oxygen atoms in total. The van der Waals surface area contributed by atoms with E-state index in [1.165, 1.54) is 0 Å². The zero-order chi connectivity index (χ0) is 13.1. The molecule has 1 heterocycles. The average Bonchev–Trinajstić information content (AvgIpc) is 2.26. The van der Waals surface area contributed by atoms with Crippen molar-refractivity contribution in [1.82, 2.24) is 10.2 Å². The second kappa shape index (κ2) is 5.67. The van der Waals surface area contributed by atoms with E-state index in [4.69, 9.17) is 0 Å². The van der Waals surface area contributed by atoms with Crippen LogP contribution in [0, 0.1) is 0 Å². The molecule has 0 bridgehead atoms. The van der Waals surface area contributed by atoms with Gasteiger partial charge in [0.2, 0.25) is 0 Å². The summed E-state index contributed by atoms with van der Waals surface area (Å²) < 4.78 is 22.7. The summed E-state index contributed by atoms with van der Waals surface area (Å²) in [6, 6.07) is 0.399. The summed E-state index contributed by atoms with van der Waals surface area (Å²) in [5.74, 6) is 0.628. The molecule has 0 saturated carbocycles. The monoisotopic (exact) mass is 262 g/mol. The molecule has 1 unspecified atom stereocenters. The van der Waals surface area contributed by atoms with E-state index in [0.717, 1.165) is 13.0 Å². The first kappa shape index (κ1) is 14.9. The SMILES string of the molecule is CCC(C)(C)NCC(C)N1CCS(=O)(=O)CC1. The number of nitrogens with zero attached hydrogens (tertiary/aromatic N) is 1. The molecule has 1 aliphatic rings. The van der Waals surface area contributed by atoms with Crippen molar-refractivity contribution in [2.75, 3.05) is 31.1 Å². The van der Waals surface area contributed by atoms with Crippen LogP contribution in [0.3, 0.4) is 0 Å². The number of nitrogens with one attached hydrogen (secondary N) is 1. The number of rotatable bonds is 5. The highest BCUT2D eigenvalue weighted by atomic mass is 32.2. The van der Waals surface area contributed by atoms with Crippen LogP contribution in [0.5, 0.6) is 0 Å². The molecule has 1 fully saturated rings. The van der Waals surface area contributed by atoms with Crippen molar-refractivity contribution in [2.24, 2.45) is 0 Å². The van der Waals surface area contributed by atoms with Crippen LogP contribution in [0.15, 0.2) is 0 Å². The van der Waals surface area contributed by atoms with Gasteiger partial charge in [-0.25, -0.2) is 8.42 Å². The molecule has 0 spiro atoms. The van der Waals surface area contributed by atoms with E-state index < -0.39 is 9.84 Å². The van der Waals surface area contributed by atoms with Crippen molar-refractivity contribution in [3.8, 4) is 0 Å². The lowest BCUT2D eigenvalue weighted by molar-refractivity contribution is 0.205. The minimum Gasteiger partial charge on any atom is -0.310 e. The van der Waals surface area contributed by atoms with Crippen LogP contribution >= 0.6 is 0 Å². The molecule has 0 radical (unpaired) electrons. The molecule has 17 heavy (non-hydrogen) atoms. The summed E-state index contributed by atoms with van der Waals surface area (Å²) in [6.07, 6.45) is 1.09. The Labute approximate surface area is 106 Å². The first-order valence-electron chi connectivity index (χ1n) is 6.45. The number of hydrogen-bond acceptors (Lipinski definition) is 4. The third-order valence-electron chi connectivity index (χ3n) is 3.76. The maximum Gasteiger partial charge on any atom is 0.152 e. The van der Waals surface area contributed by atoms with E-state index in [1.54, 1.807) is 0 Å². The van der Waals surface area contributed by atoms with Gasteiger partial charge in [0.1, 0.15) is 0 Å². The maximum atomic E-state index is 11.3. The van der Waals surface area contributed by atoms with Gasteiger partial charge in [0, 0.05) is 31.2 Å². The highest BCUT2D eigenvalue weighted by molar-refractivity contribution is 7.91. The Morgan fingerprint density at radius 1 is 1.29 bits per heavy atom. The van der Waals surface area contributed by atoms with Gasteiger partial charge in [0.05, 0.1) is 11.5 Å². The Morgan fingerprint density at radius 2 is 1.82 bits per heavy atom. The Morgan fingerprint density at radius 3 is 2.29 bits per heavy atom. The summed E-state index contributed by atoms with van der Waals surface area (Å²) >= 11 is 0. The summed E-state index contributed by atoms with van der Waals surface area (Å²) in [5.41, 5.74) is 0.163. The third-order valence-corrected chi connectivity index (χ3v) is 5.37. The van der Waals surface area contributed by atoms with Gasteiger partial charge < -0.3 is 5.32 Å². The van der Waals surface area contributed by atoms with Gasteiger partial charge in [-0.1, -0.05) is 6.92 Å². The lowest BCUT2D eigenvalue weighted by Crippen LogP contribution is -2.51. The fourth-order valence-corrected chi connectivity index (χ4v) is 3.07. The van der Waals surface area contributed by atoms with E-state index >= 15 is 0 Å². The Balaban J connectivity index is 2.37. The van der Waals surface area contributed by atoms with Crippen molar-refractivity contribution in [3.05, 3.63) is 0 Å². The summed E-state index contributed by atoms with van der Waals surface area (Å²) in [6.45, 7) is 11.0. The molecule has 1 saturated heterocycles. The molecular weight excluding hydrogens is 236 g/mol. The van der Waals surface area contributed by atoms with Gasteiger partial charge in [-0.3, -0.25) is 4.90 Å². The van der Waals surface area contributed by atoms with Gasteiger partial charge in [-0.2, -0.15) is 0 Å². The van der Waals surface area contributed by atoms with Gasteiger partial charge in [-0.05, 0) is 27.2 Å². The second-order valence-electron chi connectivity index (χ2n) is 5.66. The lowest BCUT2D eigenvalue weighted by atomic mass is 10.0. The zero-order valence-corrected chi connectivity index (χ0v) is 12.3. The van der Waals surface area contributed by atoms with Crippen molar-refractivity contribution in [1.29, 1.82) is 0 Å². The van der Waals surface area contributed by atoms with Crippen molar-refractivity contribution in [3.63, 3.8) is 0 Å². The van der Waals surface area contributed by atoms with Crippen LogP contribution in [0.25, 0.3) is 0 Å². The minimum absolute atomic E-state index is 0.163. The van der Waals surface area contributed by atoms with Crippen LogP contribution in [0.4, 0.5) is 0 Å². The molecule has 0 amide bonds. The first-order valence-corrected chi connectivity index (χ1v) is 8.27. The van der Waals surface area contributed by atoms with Crippen LogP contribution in [0.1, 0.15) is 34.1 Å². The standard InChI is InChI=1S/C12H26N2O2S/c1-5-12(3,4)13-10-11(2)14-6-8-17(15,16)9-7-14/h11,13H,5-10H2,1-4H3. The molecule has 1 rings (SSSR count). The second-order valence-corrected chi connectivity index (χ2v) is 7.96. The predicted molar refractivity (Wildman–Crippen MR) is 72.1 cm³/mol. The third kappa shape index (κ3) is 4.94.